The molecular formula is C19F14+2. The van der Waals surface area contributed by atoms with Gasteiger partial charge < -0.3 is 0 Å². The molecule has 0 atom stereocenters. The minimum Gasteiger partial charge on any atom is -0.201 e. The number of halogens is 14. The number of rotatable bonds is 3. The molecule has 3 rings (SSSR count). The van der Waals surface area contributed by atoms with Gasteiger partial charge in [0.25, 0.3) is 0 Å². The van der Waals surface area contributed by atoms with E-state index in [4.69, 9.17) is 0 Å². The van der Waals surface area contributed by atoms with Crippen molar-refractivity contribution in [1.82, 2.24) is 0 Å². The van der Waals surface area contributed by atoms with Crippen molar-refractivity contribution < 1.29 is 61.5 Å². The second-order valence-electron chi connectivity index (χ2n) is 6.02. The van der Waals surface area contributed by atoms with Gasteiger partial charge >= 0.3 is 29.2 Å². The van der Waals surface area contributed by atoms with Crippen LogP contribution in [0.5, 0.6) is 0 Å². The first-order valence-corrected chi connectivity index (χ1v) is 7.90. The summed E-state index contributed by atoms with van der Waals surface area (Å²) in [5.41, 5.74) is -7.13. The summed E-state index contributed by atoms with van der Waals surface area (Å²) in [6.45, 7) is 0. The van der Waals surface area contributed by atoms with Crippen molar-refractivity contribution >= 4 is 0 Å². The van der Waals surface area contributed by atoms with Gasteiger partial charge in [0.05, 0.1) is 0 Å². The lowest BCUT2D eigenvalue weighted by atomic mass is 9.79. The van der Waals surface area contributed by atoms with Gasteiger partial charge in [-0.2, -0.15) is 0 Å². The quantitative estimate of drug-likeness (QED) is 0.141. The zero-order valence-corrected chi connectivity index (χ0v) is 14.8. The maximum atomic E-state index is 14.3. The Morgan fingerprint density at radius 2 is 0.788 bits per heavy atom. The molecule has 1 aliphatic rings. The van der Waals surface area contributed by atoms with E-state index in [9.17, 15) is 61.5 Å². The van der Waals surface area contributed by atoms with Gasteiger partial charge in [-0.25, -0.2) is 43.9 Å². The molecule has 0 fully saturated rings. The number of benzene rings is 2. The number of hydrogen-bond donors (Lipinski definition) is 0. The van der Waals surface area contributed by atoms with Crippen molar-refractivity contribution in [3.63, 3.8) is 0 Å². The third kappa shape index (κ3) is 3.41. The van der Waals surface area contributed by atoms with Crippen molar-refractivity contribution in [3.8, 4) is 0 Å². The lowest BCUT2D eigenvalue weighted by Crippen LogP contribution is -2.23. The Bertz CT molecular complexity index is 1170. The number of hydrogen-bond acceptors (Lipinski definition) is 0. The Morgan fingerprint density at radius 3 is 1.12 bits per heavy atom. The predicted molar refractivity (Wildman–Crippen MR) is 79.2 cm³/mol. The maximum Gasteiger partial charge on any atom is 0.389 e. The molecule has 2 aromatic carbocycles. The first-order chi connectivity index (χ1) is 15.2. The average molecular weight is 494 g/mol. The fourth-order valence-electron chi connectivity index (χ4n) is 2.77. The van der Waals surface area contributed by atoms with Gasteiger partial charge in [-0.05, 0) is 0 Å². The van der Waals surface area contributed by atoms with E-state index in [-0.39, 0.29) is 0 Å². The highest BCUT2D eigenvalue weighted by Crippen LogP contribution is 2.49. The van der Waals surface area contributed by atoms with Gasteiger partial charge in [0.1, 0.15) is 11.1 Å². The molecule has 0 amide bonds. The minimum atomic E-state index is -3.00. The zero-order chi connectivity index (χ0) is 25.1. The van der Waals surface area contributed by atoms with Crippen LogP contribution >= 0.6 is 0 Å². The molecule has 0 radical (unpaired) electrons. The van der Waals surface area contributed by atoms with Crippen LogP contribution in [0.3, 0.4) is 0 Å². The fraction of sp³-hybridized carbons (Fsp3) is 0. The average Bonchev–Trinajstić information content (AvgIpc) is 2.77. The molecule has 0 aromatic heterocycles. The molecule has 1 aliphatic carbocycles. The van der Waals surface area contributed by atoms with Crippen molar-refractivity contribution in [1.29, 1.82) is 0 Å². The van der Waals surface area contributed by atoms with Crippen LogP contribution in [-0.2, 0) is 0 Å². The molecule has 0 nitrogen and oxygen atoms in total. The van der Waals surface area contributed by atoms with Gasteiger partial charge in [0, 0.05) is 0 Å². The Hall–Kier alpha value is -3.54. The molecule has 0 saturated heterocycles. The zero-order valence-electron chi connectivity index (χ0n) is 14.8. The van der Waals surface area contributed by atoms with E-state index < -0.39 is 104 Å². The molecule has 0 spiro atoms. The molecule has 0 bridgehead atoms. The molecule has 0 saturated carbocycles. The highest BCUT2D eigenvalue weighted by Gasteiger charge is 2.58. The van der Waals surface area contributed by atoms with E-state index in [0.717, 1.165) is 5.73 Å². The molecule has 33 heavy (non-hydrogen) atoms. The van der Waals surface area contributed by atoms with Crippen LogP contribution < -0.4 is 0 Å². The van der Waals surface area contributed by atoms with Gasteiger partial charge in [-0.15, -0.1) is 8.78 Å². The van der Waals surface area contributed by atoms with E-state index in [1.807, 2.05) is 0 Å². The van der Waals surface area contributed by atoms with E-state index in [0.29, 0.717) is 0 Å². The minimum absolute atomic E-state index is 0.739. The topological polar surface area (TPSA) is 0 Å². The molecular weight excluding hydrogens is 494 g/mol. The van der Waals surface area contributed by atoms with E-state index in [2.05, 4.69) is 0 Å². The smallest absolute Gasteiger partial charge is 0.201 e. The summed E-state index contributed by atoms with van der Waals surface area (Å²) in [5, 5.41) is 0. The standard InChI is InChI=1S/C19F14/c20-2-1-3(21)9(23)5(8(2)22)4(6-10(24)14(28)18(32)15(29)11(6)25)7-12(26)16(30)19(33)17(31)13(7)27/q+2. The van der Waals surface area contributed by atoms with E-state index >= 15 is 0 Å². The third-order valence-electron chi connectivity index (χ3n) is 4.21. The molecule has 2 aromatic rings. The molecule has 0 N–H and O–H groups in total. The summed E-state index contributed by atoms with van der Waals surface area (Å²) in [6.07, 6.45) is -2.78. The normalized spacial score (nSPS) is 14.1. The van der Waals surface area contributed by atoms with Crippen LogP contribution in [-0.4, -0.2) is 0 Å². The summed E-state index contributed by atoms with van der Waals surface area (Å²) in [4.78, 5) is 0. The van der Waals surface area contributed by atoms with Crippen molar-refractivity contribution in [2.24, 2.45) is 0 Å². The molecule has 172 valence electrons. The number of allylic oxidation sites excluding steroid dienone is 3. The Balaban J connectivity index is 2.59. The first-order valence-electron chi connectivity index (χ1n) is 7.90. The molecule has 0 unspecified atom stereocenters. The van der Waals surface area contributed by atoms with Crippen LogP contribution in [0.25, 0.3) is 0 Å². The first kappa shape index (κ1) is 24.1. The SMILES string of the molecule is FC1=C=C(F)[C+](F)C([C+](c2c(F)c(F)c(F)c(F)c2F)c2c(F)c(F)c(F)c(F)c2F)=C1F. The highest BCUT2D eigenvalue weighted by atomic mass is 19.2. The Labute approximate surface area is 172 Å². The monoisotopic (exact) mass is 494 g/mol. The molecule has 0 aliphatic heterocycles. The fourth-order valence-corrected chi connectivity index (χ4v) is 2.77. The summed E-state index contributed by atoms with van der Waals surface area (Å²) < 4.78 is 195. The third-order valence-corrected chi connectivity index (χ3v) is 4.21. The summed E-state index contributed by atoms with van der Waals surface area (Å²) in [5.74, 6) is -40.2. The van der Waals surface area contributed by atoms with Crippen LogP contribution in [0.2, 0.25) is 0 Å². The van der Waals surface area contributed by atoms with Crippen molar-refractivity contribution in [3.05, 3.63) is 110 Å². The summed E-state index contributed by atoms with van der Waals surface area (Å²) in [7, 11) is 0. The van der Waals surface area contributed by atoms with Crippen LogP contribution in [0.4, 0.5) is 61.5 Å². The molecule has 0 heterocycles. The second-order valence-corrected chi connectivity index (χ2v) is 6.02. The lowest BCUT2D eigenvalue weighted by Gasteiger charge is -2.16. The van der Waals surface area contributed by atoms with Crippen LogP contribution in [0.15, 0.2) is 28.8 Å². The van der Waals surface area contributed by atoms with Gasteiger partial charge in [0.2, 0.25) is 17.4 Å². The Kier molecular flexibility index (Phi) is 5.92. The summed E-state index contributed by atoms with van der Waals surface area (Å²) >= 11 is 0. The second kappa shape index (κ2) is 8.10. The van der Waals surface area contributed by atoms with Gasteiger partial charge in [0.15, 0.2) is 52.5 Å². The van der Waals surface area contributed by atoms with Gasteiger partial charge in [-0.3, -0.25) is 0 Å². The Morgan fingerprint density at radius 1 is 0.485 bits per heavy atom. The van der Waals surface area contributed by atoms with E-state index in [1.165, 1.54) is 0 Å². The maximum absolute atomic E-state index is 14.3. The van der Waals surface area contributed by atoms with Crippen molar-refractivity contribution in [2.75, 3.05) is 0 Å². The van der Waals surface area contributed by atoms with E-state index in [1.54, 1.807) is 0 Å². The lowest BCUT2D eigenvalue weighted by molar-refractivity contribution is 0.364. The largest absolute Gasteiger partial charge is 0.389 e. The highest BCUT2D eigenvalue weighted by molar-refractivity contribution is 5.66. The molecule has 14 heteroatoms. The summed E-state index contributed by atoms with van der Waals surface area (Å²) in [6, 6.07) is 0. The van der Waals surface area contributed by atoms with Crippen LogP contribution in [0.1, 0.15) is 11.1 Å². The van der Waals surface area contributed by atoms with Crippen LogP contribution in [0, 0.1) is 70.3 Å². The van der Waals surface area contributed by atoms with Gasteiger partial charge in [-0.1, -0.05) is 8.78 Å². The predicted octanol–water partition coefficient (Wildman–Crippen LogP) is 7.09. The van der Waals surface area contributed by atoms with Crippen molar-refractivity contribution in [2.45, 2.75) is 0 Å².